The predicted octanol–water partition coefficient (Wildman–Crippen LogP) is 14.4. The number of para-hydroxylation sites is 4. The molecule has 0 saturated carbocycles. The summed E-state index contributed by atoms with van der Waals surface area (Å²) in [6.45, 7) is 1.93. The van der Waals surface area contributed by atoms with Gasteiger partial charge in [-0.25, -0.2) is 14.1 Å². The predicted molar refractivity (Wildman–Crippen MR) is 257 cm³/mol. The molecule has 306 valence electrons. The van der Waals surface area contributed by atoms with E-state index in [-0.39, 0.29) is 21.1 Å². The first-order valence-corrected chi connectivity index (χ1v) is 20.8. The van der Waals surface area contributed by atoms with E-state index in [4.69, 9.17) is 9.10 Å². The van der Waals surface area contributed by atoms with E-state index in [1.807, 2.05) is 59.3 Å². The van der Waals surface area contributed by atoms with Gasteiger partial charge in [0.2, 0.25) is 0 Å². The van der Waals surface area contributed by atoms with Crippen LogP contribution in [0.4, 0.5) is 17.1 Å². The third-order valence-electron chi connectivity index (χ3n) is 11.9. The van der Waals surface area contributed by atoms with Gasteiger partial charge in [-0.15, -0.1) is 29.7 Å². The molecule has 3 heterocycles. The molecule has 0 aliphatic carbocycles. The number of pyridine rings is 1. The number of hydrogen-bond acceptors (Lipinski definition) is 2. The second-order valence-electron chi connectivity index (χ2n) is 15.7. The Labute approximate surface area is 386 Å². The molecular formula is C57H42N5Pt-. The maximum absolute atomic E-state index is 8.39. The number of imidazole rings is 1. The minimum absolute atomic E-state index is 0. The first kappa shape index (κ1) is 36.3. The van der Waals surface area contributed by atoms with Crippen LogP contribution in [0.25, 0.3) is 77.7 Å². The third kappa shape index (κ3) is 6.95. The summed E-state index contributed by atoms with van der Waals surface area (Å²) in [7, 11) is 0. The minimum atomic E-state index is -2.39. The molecule has 0 radical (unpaired) electrons. The van der Waals surface area contributed by atoms with Gasteiger partial charge in [0.1, 0.15) is 5.82 Å². The van der Waals surface area contributed by atoms with E-state index in [1.54, 1.807) is 6.33 Å². The van der Waals surface area contributed by atoms with Crippen molar-refractivity contribution >= 4 is 49.9 Å². The van der Waals surface area contributed by atoms with Crippen molar-refractivity contribution in [3.05, 3.63) is 224 Å². The van der Waals surface area contributed by atoms with Gasteiger partial charge in [0, 0.05) is 72.8 Å². The number of fused-ring (bicyclic) bond motifs is 4. The van der Waals surface area contributed by atoms with Crippen molar-refractivity contribution in [3.8, 4) is 44.9 Å². The van der Waals surface area contributed by atoms with Crippen LogP contribution in [0.15, 0.2) is 201 Å². The van der Waals surface area contributed by atoms with Gasteiger partial charge in [0.05, 0.1) is 5.69 Å². The van der Waals surface area contributed by atoms with E-state index < -0.39 is 6.98 Å². The molecule has 6 heteroatoms. The minimum Gasteiger partial charge on any atom is -0.357 e. The van der Waals surface area contributed by atoms with Crippen LogP contribution in [0.2, 0.25) is 0 Å². The molecule has 11 aromatic rings. The average molecular weight is 995 g/mol. The Morgan fingerprint density at radius 3 is 1.89 bits per heavy atom. The Kier molecular flexibility index (Phi) is 9.52. The van der Waals surface area contributed by atoms with Crippen LogP contribution >= 0.6 is 0 Å². The number of hydrogen-bond donors (Lipinski definition) is 0. The molecule has 0 N–H and O–H groups in total. The van der Waals surface area contributed by atoms with Crippen LogP contribution in [-0.4, -0.2) is 18.7 Å². The normalized spacial score (nSPS) is 12.2. The summed E-state index contributed by atoms with van der Waals surface area (Å²) in [6, 6.07) is 72.2. The van der Waals surface area contributed by atoms with Gasteiger partial charge in [0.15, 0.2) is 17.4 Å². The van der Waals surface area contributed by atoms with E-state index in [2.05, 4.69) is 175 Å². The Balaban J connectivity index is 0.00000511. The quantitative estimate of drug-likeness (QED) is 0.142. The van der Waals surface area contributed by atoms with Gasteiger partial charge in [0.25, 0.3) is 0 Å². The molecule has 0 fully saturated rings. The molecule has 0 spiro atoms. The van der Waals surface area contributed by atoms with E-state index in [0.29, 0.717) is 11.2 Å². The van der Waals surface area contributed by atoms with Crippen molar-refractivity contribution in [2.45, 2.75) is 13.8 Å². The largest absolute Gasteiger partial charge is 0.357 e. The topological polar surface area (TPSA) is 30.9 Å². The molecule has 11 rings (SSSR count). The van der Waals surface area contributed by atoms with Crippen molar-refractivity contribution in [2.24, 2.45) is 6.98 Å². The number of anilines is 3. The summed E-state index contributed by atoms with van der Waals surface area (Å²) in [5.74, 6) is 0.793. The Hall–Kier alpha value is -7.33. The summed E-state index contributed by atoms with van der Waals surface area (Å²) >= 11 is 0. The number of aromatic nitrogens is 4. The maximum atomic E-state index is 8.39. The molecule has 0 aliphatic rings. The first-order chi connectivity index (χ1) is 31.7. The van der Waals surface area contributed by atoms with E-state index in [1.165, 1.54) is 21.3 Å². The molecule has 0 atom stereocenters. The van der Waals surface area contributed by atoms with Gasteiger partial charge in [-0.1, -0.05) is 138 Å². The van der Waals surface area contributed by atoms with E-state index in [9.17, 15) is 0 Å². The second kappa shape index (κ2) is 16.5. The molecule has 0 unspecified atom stereocenters. The average Bonchev–Trinajstić information content (AvgIpc) is 3.89. The molecule has 63 heavy (non-hydrogen) atoms. The fourth-order valence-electron chi connectivity index (χ4n) is 9.09. The van der Waals surface area contributed by atoms with Crippen LogP contribution in [0, 0.1) is 26.0 Å². The van der Waals surface area contributed by atoms with Gasteiger partial charge in [-0.05, 0) is 82.9 Å². The number of rotatable bonds is 8. The SMILES string of the molecule is [2H]C([2H])([2H])n1[cH+]n(-c2[c-]c(N(c3[c-]c4c(cc3)c3ccccc3n4-c3cc(-c4c(C)cccc4C)ccn3)c3c(-c4ccccc4)cccc3-c3ccccc3)ccc2)c2ccccc21.[Pt]. The number of benzene rings is 8. The Bertz CT molecular complexity index is 3500. The molecule has 0 amide bonds. The zero-order valence-corrected chi connectivity index (χ0v) is 36.9. The van der Waals surface area contributed by atoms with Crippen molar-refractivity contribution in [2.75, 3.05) is 4.90 Å². The third-order valence-corrected chi connectivity index (χ3v) is 11.9. The summed E-state index contributed by atoms with van der Waals surface area (Å²) in [6.07, 6.45) is 3.55. The van der Waals surface area contributed by atoms with Crippen LogP contribution in [0.3, 0.4) is 0 Å². The molecule has 0 aliphatic heterocycles. The summed E-state index contributed by atoms with van der Waals surface area (Å²) in [4.78, 5) is 7.28. The molecule has 5 nitrogen and oxygen atoms in total. The Morgan fingerprint density at radius 1 is 0.556 bits per heavy atom. The monoisotopic (exact) mass is 994 g/mol. The first-order valence-electron chi connectivity index (χ1n) is 22.3. The van der Waals surface area contributed by atoms with Crippen molar-refractivity contribution < 1.29 is 25.2 Å². The zero-order chi connectivity index (χ0) is 44.2. The molecule has 8 aromatic carbocycles. The van der Waals surface area contributed by atoms with Crippen molar-refractivity contribution in [1.82, 2.24) is 18.7 Å². The smallest absolute Gasteiger partial charge is 0.188 e. The number of nitrogens with zero attached hydrogens (tertiary/aromatic N) is 5. The van der Waals surface area contributed by atoms with E-state index in [0.717, 1.165) is 78.0 Å². The standard InChI is InChI=1S/C57H42N5.Pt/c1-39-17-14-18-40(2)56(39)43-33-34-58-55(35-43)62-51-28-11-10-25-49(51)50-32-31-46(37-54(50)62)61(45-24-15-23-44(36-45)60-38-59(3)52-29-12-13-30-53(52)60)57-47(41-19-6-4-7-20-41)26-16-27-48(57)42-21-8-5-9-22-42;/h4-35,38H,1-3H3;/q-1;/i3D3;. The fraction of sp³-hybridized carbons (Fsp3) is 0.0526. The van der Waals surface area contributed by atoms with Gasteiger partial charge in [-0.3, -0.25) is 0 Å². The van der Waals surface area contributed by atoms with Gasteiger partial charge in [-0.2, -0.15) is 12.1 Å². The summed E-state index contributed by atoms with van der Waals surface area (Å²) < 4.78 is 30.7. The zero-order valence-electron chi connectivity index (χ0n) is 37.6. The fourth-order valence-corrected chi connectivity index (χ4v) is 9.09. The van der Waals surface area contributed by atoms with Gasteiger partial charge >= 0.3 is 0 Å². The van der Waals surface area contributed by atoms with Crippen LogP contribution < -0.4 is 4.90 Å². The second-order valence-corrected chi connectivity index (χ2v) is 15.7. The summed E-state index contributed by atoms with van der Waals surface area (Å²) in [5, 5.41) is 2.15. The van der Waals surface area contributed by atoms with Crippen molar-refractivity contribution in [3.63, 3.8) is 0 Å². The van der Waals surface area contributed by atoms with Crippen LogP contribution in [0.1, 0.15) is 15.2 Å². The Morgan fingerprint density at radius 2 is 1.17 bits per heavy atom. The molecule has 0 saturated heterocycles. The maximum Gasteiger partial charge on any atom is 0.188 e. The van der Waals surface area contributed by atoms with Crippen LogP contribution in [0.5, 0.6) is 0 Å². The molecular weight excluding hydrogens is 950 g/mol. The van der Waals surface area contributed by atoms with E-state index >= 15 is 0 Å². The molecule has 3 aromatic heterocycles. The van der Waals surface area contributed by atoms with Gasteiger partial charge < -0.3 is 9.47 Å². The molecule has 0 bridgehead atoms. The number of aryl methyl sites for hydroxylation is 3. The van der Waals surface area contributed by atoms with Crippen molar-refractivity contribution in [1.29, 1.82) is 0 Å². The summed E-state index contributed by atoms with van der Waals surface area (Å²) in [5.41, 5.74) is 15.3. The van der Waals surface area contributed by atoms with Crippen LogP contribution in [-0.2, 0) is 28.0 Å².